The SMILES string of the molecule is Cc1cccc(OC(C)(C)C(=O)N/N=C/c2ccccc2)c1. The zero-order valence-corrected chi connectivity index (χ0v) is 13.0. The third-order valence-corrected chi connectivity index (χ3v) is 3.09. The third-order valence-electron chi connectivity index (χ3n) is 3.09. The number of benzene rings is 2. The van der Waals surface area contributed by atoms with Crippen molar-refractivity contribution in [2.24, 2.45) is 5.10 Å². The van der Waals surface area contributed by atoms with Crippen molar-refractivity contribution in [3.8, 4) is 5.75 Å². The van der Waals surface area contributed by atoms with Crippen LogP contribution in [0.4, 0.5) is 0 Å². The van der Waals surface area contributed by atoms with E-state index in [1.54, 1.807) is 20.1 Å². The molecule has 0 radical (unpaired) electrons. The summed E-state index contributed by atoms with van der Waals surface area (Å²) in [5, 5.41) is 3.96. The Morgan fingerprint density at radius 1 is 1.14 bits per heavy atom. The van der Waals surface area contributed by atoms with E-state index in [9.17, 15) is 4.79 Å². The number of carbonyl (C=O) groups is 1. The first-order valence-electron chi connectivity index (χ1n) is 7.11. The van der Waals surface area contributed by atoms with Gasteiger partial charge in [0.25, 0.3) is 5.91 Å². The van der Waals surface area contributed by atoms with E-state index < -0.39 is 5.60 Å². The highest BCUT2D eigenvalue weighted by molar-refractivity contribution is 5.86. The molecule has 0 unspecified atom stereocenters. The Kier molecular flexibility index (Phi) is 4.94. The van der Waals surface area contributed by atoms with Gasteiger partial charge in [0.1, 0.15) is 5.75 Å². The van der Waals surface area contributed by atoms with Crippen LogP contribution in [0.15, 0.2) is 59.7 Å². The minimum atomic E-state index is -1.01. The zero-order valence-electron chi connectivity index (χ0n) is 13.0. The molecule has 2 aromatic carbocycles. The highest BCUT2D eigenvalue weighted by atomic mass is 16.5. The highest BCUT2D eigenvalue weighted by Crippen LogP contribution is 2.19. The van der Waals surface area contributed by atoms with Crippen LogP contribution in [0.5, 0.6) is 5.75 Å². The van der Waals surface area contributed by atoms with Crippen LogP contribution in [0.1, 0.15) is 25.0 Å². The first kappa shape index (κ1) is 15.8. The van der Waals surface area contributed by atoms with Crippen LogP contribution < -0.4 is 10.2 Å². The van der Waals surface area contributed by atoms with Gasteiger partial charge in [0.2, 0.25) is 0 Å². The normalized spacial score (nSPS) is 11.4. The maximum absolute atomic E-state index is 12.2. The molecule has 1 N–H and O–H groups in total. The summed E-state index contributed by atoms with van der Waals surface area (Å²) in [5.74, 6) is 0.355. The molecule has 0 fully saturated rings. The topological polar surface area (TPSA) is 50.7 Å². The summed E-state index contributed by atoms with van der Waals surface area (Å²) in [7, 11) is 0. The Balaban J connectivity index is 1.97. The van der Waals surface area contributed by atoms with Gasteiger partial charge in [-0.1, -0.05) is 42.5 Å². The summed E-state index contributed by atoms with van der Waals surface area (Å²) >= 11 is 0. The van der Waals surface area contributed by atoms with Gasteiger partial charge in [-0.25, -0.2) is 5.43 Å². The first-order valence-corrected chi connectivity index (χ1v) is 7.11. The molecule has 114 valence electrons. The summed E-state index contributed by atoms with van der Waals surface area (Å²) in [6.07, 6.45) is 1.60. The predicted molar refractivity (Wildman–Crippen MR) is 88.1 cm³/mol. The summed E-state index contributed by atoms with van der Waals surface area (Å²) < 4.78 is 5.76. The molecule has 0 bridgehead atoms. The number of ether oxygens (including phenoxy) is 1. The molecule has 0 saturated carbocycles. The number of amides is 1. The summed E-state index contributed by atoms with van der Waals surface area (Å²) in [6, 6.07) is 17.2. The Morgan fingerprint density at radius 3 is 2.55 bits per heavy atom. The molecule has 2 rings (SSSR count). The van der Waals surface area contributed by atoms with Crippen LogP contribution in [0.3, 0.4) is 0 Å². The monoisotopic (exact) mass is 296 g/mol. The molecule has 0 atom stereocenters. The van der Waals surface area contributed by atoms with Crippen molar-refractivity contribution in [1.82, 2.24) is 5.43 Å². The fraction of sp³-hybridized carbons (Fsp3) is 0.222. The summed E-state index contributed by atoms with van der Waals surface area (Å²) in [4.78, 5) is 12.2. The van der Waals surface area contributed by atoms with Crippen LogP contribution in [0, 0.1) is 6.92 Å². The molecule has 0 aliphatic heterocycles. The minimum Gasteiger partial charge on any atom is -0.478 e. The molecule has 4 nitrogen and oxygen atoms in total. The number of aryl methyl sites for hydroxylation is 1. The van der Waals surface area contributed by atoms with Crippen molar-refractivity contribution in [3.63, 3.8) is 0 Å². The van der Waals surface area contributed by atoms with Crippen LogP contribution >= 0.6 is 0 Å². The molecule has 22 heavy (non-hydrogen) atoms. The molecular formula is C18H20N2O2. The van der Waals surface area contributed by atoms with Gasteiger partial charge >= 0.3 is 0 Å². The fourth-order valence-electron chi connectivity index (χ4n) is 1.86. The van der Waals surface area contributed by atoms with Gasteiger partial charge in [0.15, 0.2) is 5.60 Å². The van der Waals surface area contributed by atoms with Crippen LogP contribution in [-0.2, 0) is 4.79 Å². The number of hydrogen-bond donors (Lipinski definition) is 1. The molecule has 0 aliphatic rings. The lowest BCUT2D eigenvalue weighted by Gasteiger charge is -2.24. The van der Waals surface area contributed by atoms with Gasteiger partial charge in [0.05, 0.1) is 6.21 Å². The smallest absolute Gasteiger partial charge is 0.283 e. The highest BCUT2D eigenvalue weighted by Gasteiger charge is 2.29. The Labute approximate surface area is 130 Å². The van der Waals surface area contributed by atoms with Gasteiger partial charge in [-0.05, 0) is 44.0 Å². The molecule has 0 spiro atoms. The van der Waals surface area contributed by atoms with Crippen molar-refractivity contribution >= 4 is 12.1 Å². The zero-order chi connectivity index (χ0) is 16.0. The Morgan fingerprint density at radius 2 is 1.86 bits per heavy atom. The van der Waals surface area contributed by atoms with Crippen LogP contribution in [0.25, 0.3) is 0 Å². The predicted octanol–water partition coefficient (Wildman–Crippen LogP) is 3.30. The minimum absolute atomic E-state index is 0.304. The van der Waals surface area contributed by atoms with Gasteiger partial charge in [-0.2, -0.15) is 5.10 Å². The van der Waals surface area contributed by atoms with Crippen molar-refractivity contribution in [1.29, 1.82) is 0 Å². The van der Waals surface area contributed by atoms with Crippen molar-refractivity contribution in [3.05, 3.63) is 65.7 Å². The van der Waals surface area contributed by atoms with Gasteiger partial charge in [0, 0.05) is 0 Å². The fourth-order valence-corrected chi connectivity index (χ4v) is 1.86. The van der Waals surface area contributed by atoms with Gasteiger partial charge < -0.3 is 4.74 Å². The molecule has 0 aliphatic carbocycles. The van der Waals surface area contributed by atoms with E-state index >= 15 is 0 Å². The summed E-state index contributed by atoms with van der Waals surface area (Å²) in [5.41, 5.74) is 3.50. The van der Waals surface area contributed by atoms with E-state index in [0.717, 1.165) is 11.1 Å². The number of hydrazone groups is 1. The van der Waals surface area contributed by atoms with E-state index in [1.807, 2.05) is 61.5 Å². The van der Waals surface area contributed by atoms with Crippen molar-refractivity contribution in [2.75, 3.05) is 0 Å². The maximum atomic E-state index is 12.2. The Bertz CT molecular complexity index is 664. The lowest BCUT2D eigenvalue weighted by Crippen LogP contribution is -2.44. The second-order valence-corrected chi connectivity index (χ2v) is 5.54. The van der Waals surface area contributed by atoms with Gasteiger partial charge in [-0.3, -0.25) is 4.79 Å². The molecular weight excluding hydrogens is 276 g/mol. The number of rotatable bonds is 5. The van der Waals surface area contributed by atoms with Crippen molar-refractivity contribution in [2.45, 2.75) is 26.4 Å². The molecule has 1 amide bonds. The second kappa shape index (κ2) is 6.89. The second-order valence-electron chi connectivity index (χ2n) is 5.54. The first-order chi connectivity index (χ1) is 10.5. The van der Waals surface area contributed by atoms with Gasteiger partial charge in [-0.15, -0.1) is 0 Å². The molecule has 0 heterocycles. The largest absolute Gasteiger partial charge is 0.478 e. The van der Waals surface area contributed by atoms with E-state index in [4.69, 9.17) is 4.74 Å². The standard InChI is InChI=1S/C18H20N2O2/c1-14-8-7-11-16(12-14)22-18(2,3)17(21)20-19-13-15-9-5-4-6-10-15/h4-13H,1-3H3,(H,20,21)/b19-13+. The van der Waals surface area contributed by atoms with Crippen LogP contribution in [-0.4, -0.2) is 17.7 Å². The number of nitrogens with zero attached hydrogens (tertiary/aromatic N) is 1. The molecule has 2 aromatic rings. The van der Waals surface area contributed by atoms with Crippen LogP contribution in [0.2, 0.25) is 0 Å². The lowest BCUT2D eigenvalue weighted by atomic mass is 10.1. The lowest BCUT2D eigenvalue weighted by molar-refractivity contribution is -0.134. The summed E-state index contributed by atoms with van der Waals surface area (Å²) in [6.45, 7) is 5.40. The average Bonchev–Trinajstić information content (AvgIpc) is 2.47. The van der Waals surface area contributed by atoms with E-state index in [2.05, 4.69) is 10.5 Å². The molecule has 0 saturated heterocycles. The number of nitrogens with one attached hydrogen (secondary N) is 1. The van der Waals surface area contributed by atoms with E-state index in [1.165, 1.54) is 0 Å². The van der Waals surface area contributed by atoms with E-state index in [0.29, 0.717) is 5.75 Å². The van der Waals surface area contributed by atoms with Crippen molar-refractivity contribution < 1.29 is 9.53 Å². The third kappa shape index (κ3) is 4.45. The van der Waals surface area contributed by atoms with E-state index in [-0.39, 0.29) is 5.91 Å². The number of hydrogen-bond acceptors (Lipinski definition) is 3. The maximum Gasteiger partial charge on any atom is 0.283 e. The molecule has 0 aromatic heterocycles. The molecule has 4 heteroatoms. The average molecular weight is 296 g/mol. The number of carbonyl (C=O) groups excluding carboxylic acids is 1. The Hall–Kier alpha value is -2.62. The quantitative estimate of drug-likeness (QED) is 0.680.